The summed E-state index contributed by atoms with van der Waals surface area (Å²) >= 11 is 0. The standard InChI is InChI=1S/C16H24N2O2S.ClH/c1-14-4-6-16(7-5-14)21(19,20)18-12-8-15(9-13-18)17-10-2-3-11-17;/h4-7,15H,2-3,8-13H2,1H3;1H. The van der Waals surface area contributed by atoms with Crippen LogP contribution in [0.2, 0.25) is 0 Å². The molecular formula is C16H25ClN2O2S. The fourth-order valence-corrected chi connectivity index (χ4v) is 4.88. The van der Waals surface area contributed by atoms with Crippen molar-refractivity contribution in [2.24, 2.45) is 0 Å². The van der Waals surface area contributed by atoms with Gasteiger partial charge in [-0.05, 0) is 57.8 Å². The summed E-state index contributed by atoms with van der Waals surface area (Å²) in [7, 11) is -3.31. The minimum absolute atomic E-state index is 0. The number of benzene rings is 1. The predicted molar refractivity (Wildman–Crippen MR) is 91.0 cm³/mol. The Morgan fingerprint density at radius 1 is 0.955 bits per heavy atom. The van der Waals surface area contributed by atoms with Crippen molar-refractivity contribution < 1.29 is 8.42 Å². The zero-order valence-electron chi connectivity index (χ0n) is 13.1. The van der Waals surface area contributed by atoms with Crippen LogP contribution in [0.3, 0.4) is 0 Å². The molecule has 0 aromatic heterocycles. The molecule has 0 atom stereocenters. The average molecular weight is 345 g/mol. The summed E-state index contributed by atoms with van der Waals surface area (Å²) in [6, 6.07) is 7.75. The third kappa shape index (κ3) is 3.65. The average Bonchev–Trinajstić information content (AvgIpc) is 3.02. The fourth-order valence-electron chi connectivity index (χ4n) is 3.41. The Balaban J connectivity index is 0.00000176. The van der Waals surface area contributed by atoms with Gasteiger partial charge in [0.25, 0.3) is 0 Å². The zero-order valence-corrected chi connectivity index (χ0v) is 14.7. The number of halogens is 1. The second-order valence-corrected chi connectivity index (χ2v) is 8.13. The van der Waals surface area contributed by atoms with Crippen LogP contribution in [0.15, 0.2) is 29.2 Å². The summed E-state index contributed by atoms with van der Waals surface area (Å²) in [6.07, 6.45) is 4.51. The number of likely N-dealkylation sites (tertiary alicyclic amines) is 1. The Kier molecular flexibility index (Phi) is 5.88. The summed E-state index contributed by atoms with van der Waals surface area (Å²) in [6.45, 7) is 5.65. The zero-order chi connectivity index (χ0) is 14.9. The number of piperidine rings is 1. The SMILES string of the molecule is Cc1ccc(S(=O)(=O)N2CCC(N3CCCC3)CC2)cc1.Cl. The molecule has 0 radical (unpaired) electrons. The van der Waals surface area contributed by atoms with Gasteiger partial charge in [-0.2, -0.15) is 4.31 Å². The number of hydrogen-bond acceptors (Lipinski definition) is 3. The van der Waals surface area contributed by atoms with Crippen molar-refractivity contribution in [3.8, 4) is 0 Å². The van der Waals surface area contributed by atoms with E-state index in [1.165, 1.54) is 25.9 Å². The monoisotopic (exact) mass is 344 g/mol. The van der Waals surface area contributed by atoms with Crippen LogP contribution in [0.5, 0.6) is 0 Å². The first-order valence-electron chi connectivity index (χ1n) is 7.88. The lowest BCUT2D eigenvalue weighted by Crippen LogP contribution is -2.45. The van der Waals surface area contributed by atoms with Crippen LogP contribution in [-0.2, 0) is 10.0 Å². The van der Waals surface area contributed by atoms with E-state index in [0.717, 1.165) is 18.4 Å². The van der Waals surface area contributed by atoms with E-state index in [0.29, 0.717) is 24.0 Å². The molecule has 0 spiro atoms. The molecule has 1 aromatic carbocycles. The van der Waals surface area contributed by atoms with Crippen LogP contribution in [0, 0.1) is 6.92 Å². The summed E-state index contributed by atoms with van der Waals surface area (Å²) in [5, 5.41) is 0. The van der Waals surface area contributed by atoms with Crippen LogP contribution in [0.25, 0.3) is 0 Å². The van der Waals surface area contributed by atoms with Gasteiger partial charge in [0, 0.05) is 19.1 Å². The molecule has 124 valence electrons. The summed E-state index contributed by atoms with van der Waals surface area (Å²) in [4.78, 5) is 2.96. The first-order valence-corrected chi connectivity index (χ1v) is 9.32. The van der Waals surface area contributed by atoms with E-state index in [2.05, 4.69) is 4.90 Å². The quantitative estimate of drug-likeness (QED) is 0.846. The topological polar surface area (TPSA) is 40.6 Å². The maximum Gasteiger partial charge on any atom is 0.243 e. The van der Waals surface area contributed by atoms with E-state index in [-0.39, 0.29) is 12.4 Å². The molecule has 22 heavy (non-hydrogen) atoms. The predicted octanol–water partition coefficient (Wildman–Crippen LogP) is 2.67. The summed E-state index contributed by atoms with van der Waals surface area (Å²) in [5.74, 6) is 0. The van der Waals surface area contributed by atoms with E-state index in [1.807, 2.05) is 19.1 Å². The maximum absolute atomic E-state index is 12.6. The van der Waals surface area contributed by atoms with Gasteiger partial charge in [-0.25, -0.2) is 8.42 Å². The number of nitrogens with zero attached hydrogens (tertiary/aromatic N) is 2. The molecule has 6 heteroatoms. The molecule has 2 fully saturated rings. The van der Waals surface area contributed by atoms with Gasteiger partial charge in [-0.1, -0.05) is 17.7 Å². The van der Waals surface area contributed by atoms with Crippen LogP contribution in [0.4, 0.5) is 0 Å². The molecule has 1 aromatic rings. The van der Waals surface area contributed by atoms with E-state index in [4.69, 9.17) is 0 Å². The normalized spacial score (nSPS) is 21.7. The lowest BCUT2D eigenvalue weighted by Gasteiger charge is -2.36. The Morgan fingerprint density at radius 2 is 1.50 bits per heavy atom. The van der Waals surface area contributed by atoms with Crippen molar-refractivity contribution in [1.29, 1.82) is 0 Å². The maximum atomic E-state index is 12.6. The van der Waals surface area contributed by atoms with Crippen LogP contribution in [0.1, 0.15) is 31.2 Å². The van der Waals surface area contributed by atoms with Gasteiger partial charge in [-0.15, -0.1) is 12.4 Å². The summed E-state index contributed by atoms with van der Waals surface area (Å²) in [5.41, 5.74) is 1.08. The molecule has 2 aliphatic rings. The highest BCUT2D eigenvalue weighted by molar-refractivity contribution is 7.89. The van der Waals surface area contributed by atoms with Crippen LogP contribution < -0.4 is 0 Å². The Labute approximate surface area is 140 Å². The minimum Gasteiger partial charge on any atom is -0.300 e. The van der Waals surface area contributed by atoms with E-state index >= 15 is 0 Å². The van der Waals surface area contributed by atoms with Crippen molar-refractivity contribution in [2.45, 2.75) is 43.5 Å². The highest BCUT2D eigenvalue weighted by atomic mass is 35.5. The van der Waals surface area contributed by atoms with E-state index in [1.54, 1.807) is 16.4 Å². The fraction of sp³-hybridized carbons (Fsp3) is 0.625. The molecule has 0 aliphatic carbocycles. The lowest BCUT2D eigenvalue weighted by atomic mass is 10.1. The van der Waals surface area contributed by atoms with Crippen molar-refractivity contribution in [3.63, 3.8) is 0 Å². The van der Waals surface area contributed by atoms with E-state index in [9.17, 15) is 8.42 Å². The van der Waals surface area contributed by atoms with E-state index < -0.39 is 10.0 Å². The first-order chi connectivity index (χ1) is 10.1. The highest BCUT2D eigenvalue weighted by Crippen LogP contribution is 2.25. The second kappa shape index (κ2) is 7.30. The Morgan fingerprint density at radius 3 is 2.05 bits per heavy atom. The summed E-state index contributed by atoms with van der Waals surface area (Å²) < 4.78 is 26.9. The molecule has 3 rings (SSSR count). The van der Waals surface area contributed by atoms with Gasteiger partial charge in [0.2, 0.25) is 10.0 Å². The molecule has 2 aliphatic heterocycles. The third-order valence-electron chi connectivity index (χ3n) is 4.74. The molecule has 0 saturated carbocycles. The molecule has 0 N–H and O–H groups in total. The van der Waals surface area contributed by atoms with Gasteiger partial charge in [-0.3, -0.25) is 0 Å². The van der Waals surface area contributed by atoms with Gasteiger partial charge < -0.3 is 4.90 Å². The number of sulfonamides is 1. The third-order valence-corrected chi connectivity index (χ3v) is 6.65. The molecule has 4 nitrogen and oxygen atoms in total. The van der Waals surface area contributed by atoms with Crippen molar-refractivity contribution in [3.05, 3.63) is 29.8 Å². The minimum atomic E-state index is -3.31. The largest absolute Gasteiger partial charge is 0.300 e. The Bertz CT molecular complexity index is 575. The van der Waals surface area contributed by atoms with Crippen molar-refractivity contribution in [1.82, 2.24) is 9.21 Å². The highest BCUT2D eigenvalue weighted by Gasteiger charge is 2.32. The molecule has 0 amide bonds. The Hall–Kier alpha value is -0.620. The molecule has 0 unspecified atom stereocenters. The molecule has 2 heterocycles. The number of hydrogen-bond donors (Lipinski definition) is 0. The smallest absolute Gasteiger partial charge is 0.243 e. The number of rotatable bonds is 3. The van der Waals surface area contributed by atoms with Crippen LogP contribution in [-0.4, -0.2) is 49.8 Å². The molecule has 2 saturated heterocycles. The van der Waals surface area contributed by atoms with Crippen molar-refractivity contribution >= 4 is 22.4 Å². The van der Waals surface area contributed by atoms with Gasteiger partial charge >= 0.3 is 0 Å². The van der Waals surface area contributed by atoms with Gasteiger partial charge in [0.15, 0.2) is 0 Å². The second-order valence-electron chi connectivity index (χ2n) is 6.19. The molecular weight excluding hydrogens is 320 g/mol. The van der Waals surface area contributed by atoms with Gasteiger partial charge in [0.05, 0.1) is 4.90 Å². The first kappa shape index (κ1) is 17.7. The lowest BCUT2D eigenvalue weighted by molar-refractivity contribution is 0.168. The van der Waals surface area contributed by atoms with Gasteiger partial charge in [0.1, 0.15) is 0 Å². The van der Waals surface area contributed by atoms with Crippen molar-refractivity contribution in [2.75, 3.05) is 26.2 Å². The van der Waals surface area contributed by atoms with Crippen LogP contribution >= 0.6 is 12.4 Å². The molecule has 0 bridgehead atoms. The number of aryl methyl sites for hydroxylation is 1.